The summed E-state index contributed by atoms with van der Waals surface area (Å²) in [5.41, 5.74) is 4.58. The van der Waals surface area contributed by atoms with Gasteiger partial charge < -0.3 is 4.90 Å². The predicted octanol–water partition coefficient (Wildman–Crippen LogP) is 4.71. The quantitative estimate of drug-likeness (QED) is 0.339. The summed E-state index contributed by atoms with van der Waals surface area (Å²) in [4.78, 5) is 15.7. The number of benzene rings is 3. The largest absolute Gasteiger partial charge is 0.343 e. The van der Waals surface area contributed by atoms with E-state index in [9.17, 15) is 4.79 Å². The van der Waals surface area contributed by atoms with E-state index in [1.807, 2.05) is 30.7 Å². The highest BCUT2D eigenvalue weighted by molar-refractivity contribution is 7.19. The number of thiazole rings is 2. The zero-order chi connectivity index (χ0) is 24.1. The van der Waals surface area contributed by atoms with E-state index in [0.717, 1.165) is 32.1 Å². The molecule has 0 bridgehead atoms. The van der Waals surface area contributed by atoms with Gasteiger partial charge in [-0.25, -0.2) is 0 Å². The summed E-state index contributed by atoms with van der Waals surface area (Å²) in [6, 6.07) is 21.3. The van der Waals surface area contributed by atoms with Crippen molar-refractivity contribution in [2.45, 2.75) is 26.9 Å². The molecule has 5 aromatic rings. The van der Waals surface area contributed by atoms with Gasteiger partial charge in [-0.1, -0.05) is 59.9 Å². The van der Waals surface area contributed by atoms with Gasteiger partial charge in [0, 0.05) is 19.3 Å². The second-order valence-electron chi connectivity index (χ2n) is 8.62. The van der Waals surface area contributed by atoms with Crippen LogP contribution in [0.4, 0.5) is 5.69 Å². The van der Waals surface area contributed by atoms with Gasteiger partial charge in [0.2, 0.25) is 5.52 Å². The zero-order valence-corrected chi connectivity index (χ0v) is 21.6. The van der Waals surface area contributed by atoms with Crippen molar-refractivity contribution >= 4 is 67.2 Å². The molecule has 0 amide bonds. The molecule has 2 aromatic heterocycles. The smallest absolute Gasteiger partial charge is 0.271 e. The van der Waals surface area contributed by atoms with Crippen LogP contribution in [-0.4, -0.2) is 11.6 Å². The monoisotopic (exact) mass is 496 g/mol. The zero-order valence-electron chi connectivity index (χ0n) is 20.0. The number of likely N-dealkylation sites (N-methyl/N-ethyl adjacent to an activating group) is 1. The third-order valence-corrected chi connectivity index (χ3v) is 8.95. The van der Waals surface area contributed by atoms with Crippen LogP contribution in [0.5, 0.6) is 0 Å². The van der Waals surface area contributed by atoms with E-state index < -0.39 is 0 Å². The molecule has 1 aliphatic heterocycles. The Bertz CT molecular complexity index is 1820. The van der Waals surface area contributed by atoms with E-state index in [0.29, 0.717) is 6.54 Å². The molecule has 0 unspecified atom stereocenters. The molecule has 0 aliphatic carbocycles. The molecule has 0 saturated heterocycles. The molecule has 0 N–H and O–H groups in total. The Morgan fingerprint density at radius 3 is 2.57 bits per heavy atom. The Kier molecular flexibility index (Phi) is 5.43. The maximum Gasteiger partial charge on any atom is 0.271 e. The van der Waals surface area contributed by atoms with E-state index in [1.54, 1.807) is 22.7 Å². The van der Waals surface area contributed by atoms with E-state index in [-0.39, 0.29) is 5.56 Å². The number of hydrogen-bond donors (Lipinski definition) is 0. The van der Waals surface area contributed by atoms with Gasteiger partial charge in [0.15, 0.2) is 0 Å². The van der Waals surface area contributed by atoms with Crippen LogP contribution in [0.25, 0.3) is 38.8 Å². The van der Waals surface area contributed by atoms with Crippen LogP contribution in [0, 0.1) is 0 Å². The van der Waals surface area contributed by atoms with Gasteiger partial charge >= 0.3 is 0 Å². The number of hydrogen-bond acceptors (Lipinski definition) is 4. The first-order valence-corrected chi connectivity index (χ1v) is 13.5. The van der Waals surface area contributed by atoms with Gasteiger partial charge in [-0.15, -0.1) is 11.3 Å². The minimum atomic E-state index is 0.0734. The van der Waals surface area contributed by atoms with Crippen molar-refractivity contribution in [3.63, 3.8) is 0 Å². The molecule has 35 heavy (non-hydrogen) atoms. The Labute approximate surface area is 211 Å². The molecule has 6 heteroatoms. The number of rotatable bonds is 3. The summed E-state index contributed by atoms with van der Waals surface area (Å²) in [6.45, 7) is 5.74. The lowest BCUT2D eigenvalue weighted by molar-refractivity contribution is -0.664. The Balaban J connectivity index is 1.60. The first-order chi connectivity index (χ1) is 17.1. The number of anilines is 1. The highest BCUT2D eigenvalue weighted by Crippen LogP contribution is 2.30. The van der Waals surface area contributed by atoms with Crippen molar-refractivity contribution in [2.75, 3.05) is 11.9 Å². The predicted molar refractivity (Wildman–Crippen MR) is 150 cm³/mol. The molecule has 3 aromatic carbocycles. The number of aromatic nitrogens is 2. The third-order valence-electron chi connectivity index (χ3n) is 6.72. The summed E-state index contributed by atoms with van der Waals surface area (Å²) in [5, 5.41) is 3.68. The van der Waals surface area contributed by atoms with E-state index in [2.05, 4.69) is 83.1 Å². The maximum absolute atomic E-state index is 13.5. The first-order valence-electron chi connectivity index (χ1n) is 11.9. The van der Waals surface area contributed by atoms with Crippen molar-refractivity contribution < 1.29 is 4.57 Å². The van der Waals surface area contributed by atoms with Crippen LogP contribution in [0.2, 0.25) is 0 Å². The van der Waals surface area contributed by atoms with Gasteiger partial charge in [0.25, 0.3) is 10.6 Å². The SMILES string of the molecule is CCn1c(=Cc2sc3ccc4ccccc4c3[n+]2CC)s/c(=C2\C=Cc3ccccc3N2C)c1=O. The fourth-order valence-electron chi connectivity index (χ4n) is 4.97. The summed E-state index contributed by atoms with van der Waals surface area (Å²) in [6.07, 6.45) is 6.37. The fraction of sp³-hybridized carbons (Fsp3) is 0.172. The standard InChI is InChI=1S/C29H26N3OS2/c1-4-31-25(34-24-17-15-19-10-6-8-12-21(19)27(24)31)18-26-32(5-2)29(33)28(35-26)23-16-14-20-11-7-9-13-22(20)30(23)3/h6-18H,4-5H2,1-3H3/q+1/b28-23+. The van der Waals surface area contributed by atoms with Gasteiger partial charge in [-0.05, 0) is 49.1 Å². The van der Waals surface area contributed by atoms with Crippen molar-refractivity contribution in [2.24, 2.45) is 0 Å². The lowest BCUT2D eigenvalue weighted by Crippen LogP contribution is -2.36. The molecule has 0 saturated carbocycles. The molecule has 0 atom stereocenters. The van der Waals surface area contributed by atoms with Gasteiger partial charge in [0.1, 0.15) is 20.4 Å². The van der Waals surface area contributed by atoms with Crippen LogP contribution in [-0.2, 0) is 13.1 Å². The molecular weight excluding hydrogens is 470 g/mol. The van der Waals surface area contributed by atoms with Crippen LogP contribution < -0.4 is 24.2 Å². The molecule has 1 aliphatic rings. The summed E-state index contributed by atoms with van der Waals surface area (Å²) in [5.74, 6) is 0. The highest BCUT2D eigenvalue weighted by atomic mass is 32.1. The maximum atomic E-state index is 13.5. The fourth-order valence-corrected chi connectivity index (χ4v) is 7.43. The number of aryl methyl sites for hydroxylation is 1. The minimum Gasteiger partial charge on any atom is -0.343 e. The van der Waals surface area contributed by atoms with Crippen molar-refractivity contribution in [1.29, 1.82) is 0 Å². The summed E-state index contributed by atoms with van der Waals surface area (Å²) in [7, 11) is 2.04. The molecule has 174 valence electrons. The van der Waals surface area contributed by atoms with Gasteiger partial charge in [0.05, 0.1) is 17.2 Å². The third kappa shape index (κ3) is 3.48. The first kappa shape index (κ1) is 22.0. The number of nitrogens with zero attached hydrogens (tertiary/aromatic N) is 3. The Morgan fingerprint density at radius 1 is 0.943 bits per heavy atom. The summed E-state index contributed by atoms with van der Waals surface area (Å²) < 4.78 is 7.31. The topological polar surface area (TPSA) is 29.1 Å². The van der Waals surface area contributed by atoms with E-state index in [4.69, 9.17) is 0 Å². The number of fused-ring (bicyclic) bond motifs is 4. The van der Waals surface area contributed by atoms with Crippen molar-refractivity contribution in [3.05, 3.63) is 96.9 Å². The lowest BCUT2D eigenvalue weighted by Gasteiger charge is -2.25. The van der Waals surface area contributed by atoms with Crippen molar-refractivity contribution in [3.8, 4) is 0 Å². The second-order valence-corrected chi connectivity index (χ2v) is 10.7. The van der Waals surface area contributed by atoms with Gasteiger partial charge in [-0.2, -0.15) is 4.57 Å². The normalized spacial score (nSPS) is 15.4. The van der Waals surface area contributed by atoms with E-state index in [1.165, 1.54) is 26.6 Å². The van der Waals surface area contributed by atoms with E-state index >= 15 is 0 Å². The van der Waals surface area contributed by atoms with Gasteiger partial charge in [-0.3, -0.25) is 9.36 Å². The van der Waals surface area contributed by atoms with Crippen LogP contribution >= 0.6 is 22.7 Å². The Hall–Kier alpha value is -3.48. The lowest BCUT2D eigenvalue weighted by atomic mass is 10.1. The van der Waals surface area contributed by atoms with Crippen molar-refractivity contribution in [1.82, 2.24) is 4.57 Å². The molecule has 0 radical (unpaired) electrons. The summed E-state index contributed by atoms with van der Waals surface area (Å²) >= 11 is 3.37. The van der Waals surface area contributed by atoms with Crippen LogP contribution in [0.1, 0.15) is 24.4 Å². The average Bonchev–Trinajstić information content (AvgIpc) is 3.40. The molecule has 3 heterocycles. The molecule has 0 spiro atoms. The minimum absolute atomic E-state index is 0.0734. The molecule has 0 fully saturated rings. The van der Waals surface area contributed by atoms with Crippen LogP contribution in [0.15, 0.2) is 71.5 Å². The molecule has 6 rings (SSSR count). The molecular formula is C29H26N3OS2+. The molecule has 4 nitrogen and oxygen atoms in total. The Morgan fingerprint density at radius 2 is 1.74 bits per heavy atom. The second kappa shape index (κ2) is 8.63. The highest BCUT2D eigenvalue weighted by Gasteiger charge is 2.21. The number of para-hydroxylation sites is 1. The average molecular weight is 497 g/mol. The van der Waals surface area contributed by atoms with Crippen LogP contribution in [0.3, 0.4) is 0 Å².